The maximum absolute atomic E-state index is 12.3. The van der Waals surface area contributed by atoms with Gasteiger partial charge in [-0.15, -0.1) is 0 Å². The highest BCUT2D eigenvalue weighted by molar-refractivity contribution is 5.94. The summed E-state index contributed by atoms with van der Waals surface area (Å²) in [7, 11) is 1.60. The van der Waals surface area contributed by atoms with Gasteiger partial charge in [0.2, 0.25) is 5.91 Å². The van der Waals surface area contributed by atoms with Crippen molar-refractivity contribution >= 4 is 17.5 Å². The SMILES string of the molecule is CCCOc1ccc(C(C)NC(=O)COc2ccc3c(c2)CCC(=O)N3)cc1OC. The lowest BCUT2D eigenvalue weighted by molar-refractivity contribution is -0.123. The van der Waals surface area contributed by atoms with Crippen LogP contribution in [0, 0.1) is 0 Å². The van der Waals surface area contributed by atoms with Gasteiger partial charge in [-0.1, -0.05) is 13.0 Å². The Bertz CT molecular complexity index is 912. The van der Waals surface area contributed by atoms with Crippen LogP contribution < -0.4 is 24.8 Å². The fourth-order valence-corrected chi connectivity index (χ4v) is 3.25. The van der Waals surface area contributed by atoms with Gasteiger partial charge in [0.05, 0.1) is 19.8 Å². The van der Waals surface area contributed by atoms with Gasteiger partial charge < -0.3 is 24.8 Å². The van der Waals surface area contributed by atoms with Crippen LogP contribution >= 0.6 is 0 Å². The number of hydrogen-bond donors (Lipinski definition) is 2. The van der Waals surface area contributed by atoms with Crippen LogP contribution in [0.3, 0.4) is 0 Å². The number of rotatable bonds is 9. The number of carbonyl (C=O) groups is 2. The Labute approximate surface area is 176 Å². The van der Waals surface area contributed by atoms with E-state index in [0.29, 0.717) is 36.7 Å². The zero-order chi connectivity index (χ0) is 21.5. The summed E-state index contributed by atoms with van der Waals surface area (Å²) in [6.07, 6.45) is 2.04. The van der Waals surface area contributed by atoms with Crippen LogP contribution in [0.2, 0.25) is 0 Å². The van der Waals surface area contributed by atoms with Crippen LogP contribution in [0.15, 0.2) is 36.4 Å². The summed E-state index contributed by atoms with van der Waals surface area (Å²) in [4.78, 5) is 23.8. The van der Waals surface area contributed by atoms with Gasteiger partial charge in [-0.2, -0.15) is 0 Å². The normalized spacial score (nSPS) is 13.6. The molecular formula is C23H28N2O5. The quantitative estimate of drug-likeness (QED) is 0.657. The number of hydrogen-bond acceptors (Lipinski definition) is 5. The number of ether oxygens (including phenoxy) is 3. The Kier molecular flexibility index (Phi) is 7.17. The number of nitrogens with one attached hydrogen (secondary N) is 2. The molecule has 1 heterocycles. The molecule has 2 aromatic carbocycles. The largest absolute Gasteiger partial charge is 0.493 e. The third-order valence-electron chi connectivity index (χ3n) is 4.87. The summed E-state index contributed by atoms with van der Waals surface area (Å²) in [6, 6.07) is 10.8. The van der Waals surface area contributed by atoms with Crippen LogP contribution in [0.5, 0.6) is 17.2 Å². The maximum Gasteiger partial charge on any atom is 0.258 e. The van der Waals surface area contributed by atoms with Gasteiger partial charge in [0, 0.05) is 12.1 Å². The van der Waals surface area contributed by atoms with E-state index in [2.05, 4.69) is 10.6 Å². The van der Waals surface area contributed by atoms with E-state index in [9.17, 15) is 9.59 Å². The first-order valence-electron chi connectivity index (χ1n) is 10.2. The maximum atomic E-state index is 12.3. The minimum atomic E-state index is -0.223. The van der Waals surface area contributed by atoms with Crippen LogP contribution in [-0.2, 0) is 16.0 Å². The van der Waals surface area contributed by atoms with Crippen molar-refractivity contribution in [3.63, 3.8) is 0 Å². The molecule has 160 valence electrons. The number of aryl methyl sites for hydroxylation is 1. The van der Waals surface area contributed by atoms with Gasteiger partial charge in [0.25, 0.3) is 5.91 Å². The molecule has 1 aliphatic rings. The molecule has 1 atom stereocenters. The van der Waals surface area contributed by atoms with E-state index in [1.807, 2.05) is 38.1 Å². The molecule has 2 N–H and O–H groups in total. The highest BCUT2D eigenvalue weighted by Gasteiger charge is 2.16. The molecule has 0 saturated carbocycles. The van der Waals surface area contributed by atoms with E-state index in [-0.39, 0.29) is 24.5 Å². The van der Waals surface area contributed by atoms with Gasteiger partial charge >= 0.3 is 0 Å². The molecule has 0 bridgehead atoms. The highest BCUT2D eigenvalue weighted by Crippen LogP contribution is 2.30. The molecule has 30 heavy (non-hydrogen) atoms. The van der Waals surface area contributed by atoms with Crippen molar-refractivity contribution in [2.45, 2.75) is 39.2 Å². The van der Waals surface area contributed by atoms with Crippen LogP contribution in [0.1, 0.15) is 43.9 Å². The van der Waals surface area contributed by atoms with Crippen molar-refractivity contribution < 1.29 is 23.8 Å². The van der Waals surface area contributed by atoms with E-state index in [4.69, 9.17) is 14.2 Å². The predicted molar refractivity (Wildman–Crippen MR) is 114 cm³/mol. The zero-order valence-electron chi connectivity index (χ0n) is 17.6. The van der Waals surface area contributed by atoms with Crippen molar-refractivity contribution in [2.24, 2.45) is 0 Å². The molecule has 3 rings (SSSR count). The van der Waals surface area contributed by atoms with Crippen molar-refractivity contribution in [3.8, 4) is 17.2 Å². The molecule has 0 saturated heterocycles. The Morgan fingerprint density at radius 1 is 1.13 bits per heavy atom. The minimum absolute atomic E-state index is 0.0196. The summed E-state index contributed by atoms with van der Waals surface area (Å²) in [6.45, 7) is 4.47. The monoisotopic (exact) mass is 412 g/mol. The number of fused-ring (bicyclic) bond motifs is 1. The fourth-order valence-electron chi connectivity index (χ4n) is 3.25. The van der Waals surface area contributed by atoms with Crippen molar-refractivity contribution in [3.05, 3.63) is 47.5 Å². The molecule has 0 aliphatic carbocycles. The lowest BCUT2D eigenvalue weighted by atomic mass is 10.0. The van der Waals surface area contributed by atoms with E-state index < -0.39 is 0 Å². The molecule has 1 aliphatic heterocycles. The Hall–Kier alpha value is -3.22. The second-order valence-corrected chi connectivity index (χ2v) is 7.20. The molecule has 7 heteroatoms. The minimum Gasteiger partial charge on any atom is -0.493 e. The van der Waals surface area contributed by atoms with E-state index in [1.54, 1.807) is 19.2 Å². The Balaban J connectivity index is 1.55. The summed E-state index contributed by atoms with van der Waals surface area (Å²) in [5.41, 5.74) is 2.73. The fraction of sp³-hybridized carbons (Fsp3) is 0.391. The van der Waals surface area contributed by atoms with Gasteiger partial charge in [0.1, 0.15) is 5.75 Å². The van der Waals surface area contributed by atoms with Crippen molar-refractivity contribution in [1.82, 2.24) is 5.32 Å². The number of anilines is 1. The van der Waals surface area contributed by atoms with Crippen molar-refractivity contribution in [1.29, 1.82) is 0 Å². The van der Waals surface area contributed by atoms with Crippen molar-refractivity contribution in [2.75, 3.05) is 25.6 Å². The number of amides is 2. The molecule has 0 radical (unpaired) electrons. The van der Waals surface area contributed by atoms with Crippen LogP contribution in [0.25, 0.3) is 0 Å². The van der Waals surface area contributed by atoms with E-state index >= 15 is 0 Å². The molecule has 0 aromatic heterocycles. The average Bonchev–Trinajstić information content (AvgIpc) is 2.76. The summed E-state index contributed by atoms with van der Waals surface area (Å²) in [5, 5.41) is 5.76. The number of methoxy groups -OCH3 is 1. The van der Waals surface area contributed by atoms with E-state index in [0.717, 1.165) is 23.2 Å². The van der Waals surface area contributed by atoms with Gasteiger partial charge in [0.15, 0.2) is 18.1 Å². The lowest BCUT2D eigenvalue weighted by Crippen LogP contribution is -2.31. The van der Waals surface area contributed by atoms with Crippen LogP contribution in [0.4, 0.5) is 5.69 Å². The first kappa shape index (κ1) is 21.5. The second kappa shape index (κ2) is 10.0. The van der Waals surface area contributed by atoms with E-state index in [1.165, 1.54) is 0 Å². The molecule has 0 spiro atoms. The van der Waals surface area contributed by atoms with Gasteiger partial charge in [-0.25, -0.2) is 0 Å². The Morgan fingerprint density at radius 3 is 2.73 bits per heavy atom. The average molecular weight is 412 g/mol. The Morgan fingerprint density at radius 2 is 1.97 bits per heavy atom. The molecule has 2 amide bonds. The molecule has 7 nitrogen and oxygen atoms in total. The summed E-state index contributed by atoms with van der Waals surface area (Å²) >= 11 is 0. The highest BCUT2D eigenvalue weighted by atomic mass is 16.5. The second-order valence-electron chi connectivity index (χ2n) is 7.20. The van der Waals surface area contributed by atoms with Crippen LogP contribution in [-0.4, -0.2) is 32.1 Å². The third-order valence-corrected chi connectivity index (χ3v) is 4.87. The zero-order valence-corrected chi connectivity index (χ0v) is 17.6. The van der Waals surface area contributed by atoms with Gasteiger partial charge in [-0.3, -0.25) is 9.59 Å². The predicted octanol–water partition coefficient (Wildman–Crippen LogP) is 3.62. The first-order chi connectivity index (χ1) is 14.5. The summed E-state index contributed by atoms with van der Waals surface area (Å²) < 4.78 is 16.7. The third kappa shape index (κ3) is 5.43. The molecule has 0 fully saturated rings. The topological polar surface area (TPSA) is 85.9 Å². The first-order valence-corrected chi connectivity index (χ1v) is 10.2. The summed E-state index contributed by atoms with van der Waals surface area (Å²) in [5.74, 6) is 1.73. The smallest absolute Gasteiger partial charge is 0.258 e. The molecule has 2 aromatic rings. The number of carbonyl (C=O) groups excluding carboxylic acids is 2. The van der Waals surface area contributed by atoms with Gasteiger partial charge in [-0.05, 0) is 61.2 Å². The molecular weight excluding hydrogens is 384 g/mol. The molecule has 1 unspecified atom stereocenters. The lowest BCUT2D eigenvalue weighted by Gasteiger charge is -2.19. The number of benzene rings is 2. The standard InChI is InChI=1S/C23H28N2O5/c1-4-11-29-20-9-5-16(13-21(20)28-3)15(2)24-23(27)14-30-18-7-8-19-17(12-18)6-10-22(26)25-19/h5,7-9,12-13,15H,4,6,10-11,14H2,1-3H3,(H,24,27)(H,25,26).